The lowest BCUT2D eigenvalue weighted by atomic mass is 10.1. The summed E-state index contributed by atoms with van der Waals surface area (Å²) in [4.78, 5) is 11.8. The number of amides is 1. The fourth-order valence-electron chi connectivity index (χ4n) is 1.90. The summed E-state index contributed by atoms with van der Waals surface area (Å²) in [5.74, 6) is -2.29. The van der Waals surface area contributed by atoms with Crippen LogP contribution in [0.25, 0.3) is 0 Å². The lowest BCUT2D eigenvalue weighted by Gasteiger charge is -2.12. The molecule has 0 bridgehead atoms. The zero-order valence-corrected chi connectivity index (χ0v) is 9.52. The van der Waals surface area contributed by atoms with Gasteiger partial charge in [0.25, 0.3) is 5.91 Å². The van der Waals surface area contributed by atoms with Crippen molar-refractivity contribution >= 4 is 5.91 Å². The number of carbonyl (C=O) groups is 1. The van der Waals surface area contributed by atoms with E-state index >= 15 is 0 Å². The van der Waals surface area contributed by atoms with Crippen LogP contribution >= 0.6 is 0 Å². The minimum Gasteiger partial charge on any atom is -0.348 e. The van der Waals surface area contributed by atoms with Crippen molar-refractivity contribution in [1.29, 1.82) is 0 Å². The molecule has 1 atom stereocenters. The Morgan fingerprint density at radius 1 is 1.47 bits per heavy atom. The number of halogens is 2. The van der Waals surface area contributed by atoms with E-state index in [4.69, 9.17) is 0 Å². The van der Waals surface area contributed by atoms with Crippen LogP contribution in [0.1, 0.15) is 22.3 Å². The van der Waals surface area contributed by atoms with Crippen molar-refractivity contribution in [2.75, 3.05) is 13.1 Å². The second kappa shape index (κ2) is 4.79. The number of hydrogen-bond donors (Lipinski definition) is 2. The van der Waals surface area contributed by atoms with E-state index in [-0.39, 0.29) is 11.6 Å². The molecule has 0 aromatic heterocycles. The lowest BCUT2D eigenvalue weighted by molar-refractivity contribution is 0.0931. The zero-order valence-electron chi connectivity index (χ0n) is 9.52. The lowest BCUT2D eigenvalue weighted by Crippen LogP contribution is -2.37. The molecule has 1 saturated heterocycles. The highest BCUT2D eigenvalue weighted by molar-refractivity contribution is 5.95. The van der Waals surface area contributed by atoms with Crippen LogP contribution in [-0.2, 0) is 0 Å². The van der Waals surface area contributed by atoms with Crippen molar-refractivity contribution in [1.82, 2.24) is 10.6 Å². The minimum atomic E-state index is -0.823. The molecule has 5 heteroatoms. The molecule has 2 N–H and O–H groups in total. The van der Waals surface area contributed by atoms with E-state index in [2.05, 4.69) is 10.6 Å². The Labute approximate surface area is 98.2 Å². The van der Waals surface area contributed by atoms with Crippen molar-refractivity contribution in [2.24, 2.45) is 0 Å². The fourth-order valence-corrected chi connectivity index (χ4v) is 1.90. The van der Waals surface area contributed by atoms with Gasteiger partial charge in [-0.15, -0.1) is 0 Å². The van der Waals surface area contributed by atoms with Gasteiger partial charge in [-0.3, -0.25) is 4.79 Å². The first-order chi connectivity index (χ1) is 8.09. The summed E-state index contributed by atoms with van der Waals surface area (Å²) in [5.41, 5.74) is -0.224. The molecule has 1 amide bonds. The number of rotatable bonds is 2. The van der Waals surface area contributed by atoms with Gasteiger partial charge in [-0.05, 0) is 31.5 Å². The van der Waals surface area contributed by atoms with Crippen LogP contribution in [0, 0.1) is 18.6 Å². The average Bonchev–Trinajstić information content (AvgIpc) is 2.77. The van der Waals surface area contributed by atoms with E-state index < -0.39 is 23.1 Å². The fraction of sp³-hybridized carbons (Fsp3) is 0.417. The number of carbonyl (C=O) groups excluding carboxylic acids is 1. The maximum Gasteiger partial charge on any atom is 0.257 e. The third-order valence-corrected chi connectivity index (χ3v) is 2.91. The first kappa shape index (κ1) is 12.0. The molecule has 1 fully saturated rings. The van der Waals surface area contributed by atoms with Gasteiger partial charge in [0.15, 0.2) is 0 Å². The molecule has 1 aromatic rings. The van der Waals surface area contributed by atoms with Gasteiger partial charge in [0.1, 0.15) is 17.2 Å². The molecule has 92 valence electrons. The number of nitrogens with one attached hydrogen (secondary N) is 2. The van der Waals surface area contributed by atoms with Crippen molar-refractivity contribution in [3.05, 3.63) is 34.9 Å². The van der Waals surface area contributed by atoms with Crippen LogP contribution in [0.2, 0.25) is 0 Å². The molecular formula is C12H14F2N2O. The smallest absolute Gasteiger partial charge is 0.257 e. The first-order valence-corrected chi connectivity index (χ1v) is 5.56. The third kappa shape index (κ3) is 2.44. The Balaban J connectivity index is 2.21. The summed E-state index contributed by atoms with van der Waals surface area (Å²) in [6.07, 6.45) is 0.779. The van der Waals surface area contributed by atoms with Crippen LogP contribution in [0.5, 0.6) is 0 Å². The van der Waals surface area contributed by atoms with Gasteiger partial charge in [-0.2, -0.15) is 0 Å². The van der Waals surface area contributed by atoms with Gasteiger partial charge in [-0.1, -0.05) is 6.07 Å². The van der Waals surface area contributed by atoms with Crippen LogP contribution in [0.4, 0.5) is 8.78 Å². The highest BCUT2D eigenvalue weighted by atomic mass is 19.1. The topological polar surface area (TPSA) is 41.1 Å². The predicted octanol–water partition coefficient (Wildman–Crippen LogP) is 1.36. The second-order valence-corrected chi connectivity index (χ2v) is 4.22. The number of hydrogen-bond acceptors (Lipinski definition) is 2. The Kier molecular flexibility index (Phi) is 3.38. The van der Waals surface area contributed by atoms with Crippen LogP contribution in [0.15, 0.2) is 12.1 Å². The summed E-state index contributed by atoms with van der Waals surface area (Å²) in [7, 11) is 0. The van der Waals surface area contributed by atoms with E-state index in [1.165, 1.54) is 13.0 Å². The Morgan fingerprint density at radius 2 is 2.24 bits per heavy atom. The van der Waals surface area contributed by atoms with Crippen molar-refractivity contribution in [3.63, 3.8) is 0 Å². The number of aryl methyl sites for hydroxylation is 1. The molecule has 0 unspecified atom stereocenters. The second-order valence-electron chi connectivity index (χ2n) is 4.22. The van der Waals surface area contributed by atoms with Crippen molar-refractivity contribution in [2.45, 2.75) is 19.4 Å². The summed E-state index contributed by atoms with van der Waals surface area (Å²) >= 11 is 0. The summed E-state index contributed by atoms with van der Waals surface area (Å²) < 4.78 is 27.1. The Bertz CT molecular complexity index is 442. The van der Waals surface area contributed by atoms with E-state index in [0.717, 1.165) is 19.0 Å². The standard InChI is InChI=1S/C12H14F2N2O/c1-7-2-3-9(13)10(11(7)14)12(17)16-8-4-5-15-6-8/h2-3,8,15H,4-6H2,1H3,(H,16,17)/t8-/m0/s1. The molecule has 0 spiro atoms. The normalized spacial score (nSPS) is 19.4. The molecule has 2 rings (SSSR count). The SMILES string of the molecule is Cc1ccc(F)c(C(=O)N[C@H]2CCNC2)c1F. The van der Waals surface area contributed by atoms with E-state index in [9.17, 15) is 13.6 Å². The summed E-state index contributed by atoms with van der Waals surface area (Å²) in [5, 5.41) is 5.69. The number of benzene rings is 1. The molecule has 1 aliphatic rings. The van der Waals surface area contributed by atoms with Crippen molar-refractivity contribution < 1.29 is 13.6 Å². The van der Waals surface area contributed by atoms with Gasteiger partial charge < -0.3 is 10.6 Å². The monoisotopic (exact) mass is 240 g/mol. The van der Waals surface area contributed by atoms with Crippen LogP contribution < -0.4 is 10.6 Å². The van der Waals surface area contributed by atoms with Gasteiger partial charge in [0, 0.05) is 12.6 Å². The zero-order chi connectivity index (χ0) is 12.4. The van der Waals surface area contributed by atoms with Gasteiger partial charge in [0.05, 0.1) is 0 Å². The third-order valence-electron chi connectivity index (χ3n) is 2.91. The maximum absolute atomic E-state index is 13.7. The summed E-state index contributed by atoms with van der Waals surface area (Å²) in [6.45, 7) is 2.95. The molecule has 0 aliphatic carbocycles. The predicted molar refractivity (Wildman–Crippen MR) is 59.8 cm³/mol. The molecule has 3 nitrogen and oxygen atoms in total. The van der Waals surface area contributed by atoms with E-state index in [1.807, 2.05) is 0 Å². The van der Waals surface area contributed by atoms with Crippen LogP contribution in [0.3, 0.4) is 0 Å². The minimum absolute atomic E-state index is 0.0539. The molecule has 1 aromatic carbocycles. The Morgan fingerprint density at radius 3 is 2.88 bits per heavy atom. The van der Waals surface area contributed by atoms with Gasteiger partial charge in [-0.25, -0.2) is 8.78 Å². The van der Waals surface area contributed by atoms with Gasteiger partial charge in [0.2, 0.25) is 0 Å². The first-order valence-electron chi connectivity index (χ1n) is 5.56. The molecule has 17 heavy (non-hydrogen) atoms. The quantitative estimate of drug-likeness (QED) is 0.819. The highest BCUT2D eigenvalue weighted by Crippen LogP contribution is 2.16. The van der Waals surface area contributed by atoms with Crippen molar-refractivity contribution in [3.8, 4) is 0 Å². The molecule has 1 aliphatic heterocycles. The molecular weight excluding hydrogens is 226 g/mol. The highest BCUT2D eigenvalue weighted by Gasteiger charge is 2.23. The van der Waals surface area contributed by atoms with E-state index in [0.29, 0.717) is 6.54 Å². The molecule has 1 heterocycles. The van der Waals surface area contributed by atoms with E-state index in [1.54, 1.807) is 0 Å². The van der Waals surface area contributed by atoms with Gasteiger partial charge >= 0.3 is 0 Å². The molecule has 0 saturated carbocycles. The van der Waals surface area contributed by atoms with Crippen LogP contribution in [-0.4, -0.2) is 25.0 Å². The largest absolute Gasteiger partial charge is 0.348 e. The maximum atomic E-state index is 13.7. The molecule has 0 radical (unpaired) electrons. The Hall–Kier alpha value is -1.49. The summed E-state index contributed by atoms with van der Waals surface area (Å²) in [6, 6.07) is 2.38. The average molecular weight is 240 g/mol.